The van der Waals surface area contributed by atoms with E-state index in [4.69, 9.17) is 9.15 Å². The quantitative estimate of drug-likeness (QED) is 0.825. The van der Waals surface area contributed by atoms with E-state index < -0.39 is 17.8 Å². The molecular weight excluding hydrogens is 288 g/mol. The Morgan fingerprint density at radius 2 is 2.14 bits per heavy atom. The highest BCUT2D eigenvalue weighted by Crippen LogP contribution is 2.18. The second kappa shape index (κ2) is 5.67. The molecule has 1 aliphatic carbocycles. The Morgan fingerprint density at radius 1 is 1.41 bits per heavy atom. The standard InChI is InChI=1S/C15H16N2O5/c1-9(14(19)16-10-6-7-10)21-13(18)8-17-11-4-2-3-5-12(11)22-15(17)20/h2-5,9-10H,6-8H2,1H3,(H,16,19)/t9-/m1/s1. The molecule has 22 heavy (non-hydrogen) atoms. The molecule has 0 unspecified atom stereocenters. The number of esters is 1. The van der Waals surface area contributed by atoms with Crippen LogP contribution in [-0.2, 0) is 20.9 Å². The summed E-state index contributed by atoms with van der Waals surface area (Å²) in [7, 11) is 0. The molecule has 116 valence electrons. The Bertz CT molecular complexity index is 772. The molecule has 1 N–H and O–H groups in total. The van der Waals surface area contributed by atoms with Gasteiger partial charge in [0, 0.05) is 6.04 Å². The van der Waals surface area contributed by atoms with Crippen LogP contribution < -0.4 is 11.1 Å². The van der Waals surface area contributed by atoms with Gasteiger partial charge in [-0.05, 0) is 31.9 Å². The number of nitrogens with one attached hydrogen (secondary N) is 1. The van der Waals surface area contributed by atoms with Crippen molar-refractivity contribution in [3.63, 3.8) is 0 Å². The van der Waals surface area contributed by atoms with Crippen molar-refractivity contribution in [1.29, 1.82) is 0 Å². The van der Waals surface area contributed by atoms with Gasteiger partial charge in [-0.2, -0.15) is 0 Å². The fourth-order valence-corrected chi connectivity index (χ4v) is 2.13. The van der Waals surface area contributed by atoms with E-state index in [2.05, 4.69) is 5.32 Å². The Kier molecular flexibility index (Phi) is 3.70. The van der Waals surface area contributed by atoms with Crippen molar-refractivity contribution in [1.82, 2.24) is 9.88 Å². The lowest BCUT2D eigenvalue weighted by Crippen LogP contribution is -2.38. The molecule has 0 spiro atoms. The third kappa shape index (κ3) is 3.03. The topological polar surface area (TPSA) is 90.5 Å². The second-order valence-corrected chi connectivity index (χ2v) is 5.34. The lowest BCUT2D eigenvalue weighted by Gasteiger charge is -2.13. The van der Waals surface area contributed by atoms with Crippen LogP contribution >= 0.6 is 0 Å². The van der Waals surface area contributed by atoms with Crippen LogP contribution in [0, 0.1) is 0 Å². The number of para-hydroxylation sites is 2. The predicted molar refractivity (Wildman–Crippen MR) is 77.2 cm³/mol. The molecule has 1 atom stereocenters. The molecule has 0 bridgehead atoms. The largest absolute Gasteiger partial charge is 0.451 e. The van der Waals surface area contributed by atoms with Crippen LogP contribution in [0.2, 0.25) is 0 Å². The van der Waals surface area contributed by atoms with Crippen molar-refractivity contribution in [2.75, 3.05) is 0 Å². The lowest BCUT2D eigenvalue weighted by molar-refractivity contribution is -0.155. The first-order valence-electron chi connectivity index (χ1n) is 7.13. The van der Waals surface area contributed by atoms with E-state index in [-0.39, 0.29) is 18.5 Å². The Labute approximate surface area is 125 Å². The van der Waals surface area contributed by atoms with Gasteiger partial charge in [-0.25, -0.2) is 4.79 Å². The third-order valence-electron chi connectivity index (χ3n) is 3.46. The van der Waals surface area contributed by atoms with Gasteiger partial charge in [0.1, 0.15) is 6.54 Å². The number of hydrogen-bond acceptors (Lipinski definition) is 5. The smallest absolute Gasteiger partial charge is 0.420 e. The predicted octanol–water partition coefficient (Wildman–Crippen LogP) is 0.805. The third-order valence-corrected chi connectivity index (χ3v) is 3.46. The molecule has 0 aliphatic heterocycles. The highest BCUT2D eigenvalue weighted by atomic mass is 16.5. The number of nitrogens with zero attached hydrogens (tertiary/aromatic N) is 1. The van der Waals surface area contributed by atoms with E-state index >= 15 is 0 Å². The fourth-order valence-electron chi connectivity index (χ4n) is 2.13. The molecule has 7 heteroatoms. The molecule has 1 saturated carbocycles. The number of rotatable bonds is 5. The van der Waals surface area contributed by atoms with E-state index in [1.807, 2.05) is 0 Å². The van der Waals surface area contributed by atoms with E-state index in [1.54, 1.807) is 24.3 Å². The molecule has 7 nitrogen and oxygen atoms in total. The summed E-state index contributed by atoms with van der Waals surface area (Å²) in [5, 5.41) is 2.76. The number of amides is 1. The minimum atomic E-state index is -0.887. The Hall–Kier alpha value is -2.57. The van der Waals surface area contributed by atoms with Gasteiger partial charge >= 0.3 is 11.7 Å². The van der Waals surface area contributed by atoms with Gasteiger partial charge in [0.2, 0.25) is 0 Å². The number of carbonyl (C=O) groups excluding carboxylic acids is 2. The molecule has 1 heterocycles. The van der Waals surface area contributed by atoms with Crippen LogP contribution in [-0.4, -0.2) is 28.6 Å². The number of benzene rings is 1. The molecule has 1 amide bonds. The summed E-state index contributed by atoms with van der Waals surface area (Å²) in [5.41, 5.74) is 0.916. The average molecular weight is 304 g/mol. The summed E-state index contributed by atoms with van der Waals surface area (Å²) in [5.74, 6) is -1.61. The maximum absolute atomic E-state index is 11.9. The van der Waals surface area contributed by atoms with E-state index in [1.165, 1.54) is 11.5 Å². The van der Waals surface area contributed by atoms with Crippen molar-refractivity contribution >= 4 is 23.0 Å². The van der Waals surface area contributed by atoms with Crippen molar-refractivity contribution in [3.8, 4) is 0 Å². The summed E-state index contributed by atoms with van der Waals surface area (Å²) >= 11 is 0. The highest BCUT2D eigenvalue weighted by molar-refractivity contribution is 5.84. The number of oxazole rings is 1. The van der Waals surface area contributed by atoms with E-state index in [0.29, 0.717) is 11.1 Å². The van der Waals surface area contributed by atoms with E-state index in [9.17, 15) is 14.4 Å². The van der Waals surface area contributed by atoms with Gasteiger partial charge in [0.15, 0.2) is 11.7 Å². The van der Waals surface area contributed by atoms with Gasteiger partial charge in [-0.1, -0.05) is 12.1 Å². The first kappa shape index (κ1) is 14.4. The minimum absolute atomic E-state index is 0.203. The number of ether oxygens (including phenoxy) is 1. The summed E-state index contributed by atoms with van der Waals surface area (Å²) in [4.78, 5) is 35.4. The summed E-state index contributed by atoms with van der Waals surface area (Å²) in [6, 6.07) is 7.00. The van der Waals surface area contributed by atoms with Crippen LogP contribution in [0.4, 0.5) is 0 Å². The van der Waals surface area contributed by atoms with Gasteiger partial charge in [0.05, 0.1) is 5.52 Å². The van der Waals surface area contributed by atoms with Crippen molar-refractivity contribution in [2.45, 2.75) is 38.5 Å². The zero-order chi connectivity index (χ0) is 15.7. The van der Waals surface area contributed by atoms with Crippen molar-refractivity contribution in [2.24, 2.45) is 0 Å². The van der Waals surface area contributed by atoms with Crippen LogP contribution in [0.15, 0.2) is 33.5 Å². The molecule has 1 aromatic heterocycles. The number of carbonyl (C=O) groups is 2. The van der Waals surface area contributed by atoms with Gasteiger partial charge < -0.3 is 14.5 Å². The van der Waals surface area contributed by atoms with Crippen molar-refractivity contribution in [3.05, 3.63) is 34.8 Å². The Balaban J connectivity index is 1.66. The SMILES string of the molecule is C[C@@H](OC(=O)Cn1c(=O)oc2ccccc21)C(=O)NC1CC1. The molecule has 1 aromatic carbocycles. The molecule has 0 saturated heterocycles. The lowest BCUT2D eigenvalue weighted by atomic mass is 10.3. The highest BCUT2D eigenvalue weighted by Gasteiger charge is 2.27. The fraction of sp³-hybridized carbons (Fsp3) is 0.400. The van der Waals surface area contributed by atoms with Gasteiger partial charge in [-0.15, -0.1) is 0 Å². The second-order valence-electron chi connectivity index (χ2n) is 5.34. The maximum Gasteiger partial charge on any atom is 0.420 e. The average Bonchev–Trinajstić information content (AvgIpc) is 3.24. The zero-order valence-corrected chi connectivity index (χ0v) is 12.1. The molecular formula is C15H16N2O5. The molecule has 0 radical (unpaired) electrons. The molecule has 1 aliphatic rings. The normalized spacial score (nSPS) is 15.5. The number of fused-ring (bicyclic) bond motifs is 1. The van der Waals surface area contributed by atoms with Crippen LogP contribution in [0.3, 0.4) is 0 Å². The zero-order valence-electron chi connectivity index (χ0n) is 12.1. The molecule has 3 rings (SSSR count). The van der Waals surface area contributed by atoms with Gasteiger partial charge in [-0.3, -0.25) is 14.2 Å². The molecule has 1 fully saturated rings. The van der Waals surface area contributed by atoms with Crippen LogP contribution in [0.5, 0.6) is 0 Å². The monoisotopic (exact) mass is 304 g/mol. The molecule has 2 aromatic rings. The Morgan fingerprint density at radius 3 is 2.86 bits per heavy atom. The van der Waals surface area contributed by atoms with Gasteiger partial charge in [0.25, 0.3) is 5.91 Å². The first-order chi connectivity index (χ1) is 10.5. The number of aromatic nitrogens is 1. The summed E-state index contributed by atoms with van der Waals surface area (Å²) < 4.78 is 11.3. The first-order valence-corrected chi connectivity index (χ1v) is 7.13. The van der Waals surface area contributed by atoms with Crippen LogP contribution in [0.1, 0.15) is 19.8 Å². The summed E-state index contributed by atoms with van der Waals surface area (Å²) in [6.45, 7) is 1.21. The maximum atomic E-state index is 11.9. The van der Waals surface area contributed by atoms with Crippen molar-refractivity contribution < 1.29 is 18.7 Å². The number of hydrogen-bond donors (Lipinski definition) is 1. The minimum Gasteiger partial charge on any atom is -0.451 e. The van der Waals surface area contributed by atoms with E-state index in [0.717, 1.165) is 12.8 Å². The van der Waals surface area contributed by atoms with Crippen LogP contribution in [0.25, 0.3) is 11.1 Å². The summed E-state index contributed by atoms with van der Waals surface area (Å²) in [6.07, 6.45) is 1.04.